The Balaban J connectivity index is 1.72. The molecule has 0 atom stereocenters. The van der Waals surface area contributed by atoms with Gasteiger partial charge in [0.25, 0.3) is 5.91 Å². The first-order chi connectivity index (χ1) is 11.6. The average molecular weight is 387 g/mol. The van der Waals surface area contributed by atoms with Crippen LogP contribution in [0.5, 0.6) is 0 Å². The fraction of sp³-hybridized carbons (Fsp3) is 0.263. The van der Waals surface area contributed by atoms with Crippen molar-refractivity contribution in [2.24, 2.45) is 0 Å². The van der Waals surface area contributed by atoms with E-state index in [4.69, 9.17) is 0 Å². The minimum Gasteiger partial charge on any atom is -0.339 e. The predicted molar refractivity (Wildman–Crippen MR) is 98.1 cm³/mol. The number of hydrogen-bond acceptors (Lipinski definition) is 2. The average Bonchev–Trinajstić information content (AvgIpc) is 3.09. The van der Waals surface area contributed by atoms with Crippen LogP contribution in [-0.4, -0.2) is 29.8 Å². The highest BCUT2D eigenvalue weighted by Gasteiger charge is 2.22. The van der Waals surface area contributed by atoms with Crippen LogP contribution in [-0.2, 0) is 11.2 Å². The normalized spacial score (nSPS) is 13.8. The minimum atomic E-state index is -0.130. The fourth-order valence-electron chi connectivity index (χ4n) is 2.90. The zero-order valence-corrected chi connectivity index (χ0v) is 14.9. The Morgan fingerprint density at radius 1 is 1.04 bits per heavy atom. The van der Waals surface area contributed by atoms with Crippen molar-refractivity contribution in [1.82, 2.24) is 4.90 Å². The Kier molecular flexibility index (Phi) is 5.30. The van der Waals surface area contributed by atoms with Crippen molar-refractivity contribution < 1.29 is 9.59 Å². The molecule has 5 heteroatoms. The highest BCUT2D eigenvalue weighted by atomic mass is 79.9. The second-order valence-electron chi connectivity index (χ2n) is 5.90. The zero-order valence-electron chi connectivity index (χ0n) is 13.3. The summed E-state index contributed by atoms with van der Waals surface area (Å²) in [7, 11) is 0. The summed E-state index contributed by atoms with van der Waals surface area (Å²) in [4.78, 5) is 26.8. The van der Waals surface area contributed by atoms with E-state index in [1.165, 1.54) is 0 Å². The molecule has 124 valence electrons. The maximum absolute atomic E-state index is 12.6. The first kappa shape index (κ1) is 16.7. The van der Waals surface area contributed by atoms with Gasteiger partial charge in [-0.1, -0.05) is 40.2 Å². The predicted octanol–water partition coefficient (Wildman–Crippen LogP) is 3.87. The van der Waals surface area contributed by atoms with Gasteiger partial charge in [-0.2, -0.15) is 0 Å². The molecule has 4 nitrogen and oxygen atoms in total. The number of rotatable bonds is 4. The summed E-state index contributed by atoms with van der Waals surface area (Å²) in [6.45, 7) is 1.58. The van der Waals surface area contributed by atoms with E-state index in [0.717, 1.165) is 36.0 Å². The highest BCUT2D eigenvalue weighted by molar-refractivity contribution is 9.10. The van der Waals surface area contributed by atoms with E-state index in [0.29, 0.717) is 11.3 Å². The summed E-state index contributed by atoms with van der Waals surface area (Å²) in [6, 6.07) is 14.9. The van der Waals surface area contributed by atoms with Gasteiger partial charge in [0.1, 0.15) is 0 Å². The molecule has 24 heavy (non-hydrogen) atoms. The minimum absolute atomic E-state index is 0.00847. The molecule has 0 unspecified atom stereocenters. The van der Waals surface area contributed by atoms with Crippen molar-refractivity contribution in [1.29, 1.82) is 0 Å². The third-order valence-corrected chi connectivity index (χ3v) is 4.57. The molecule has 0 bridgehead atoms. The van der Waals surface area contributed by atoms with Crippen molar-refractivity contribution in [3.05, 3.63) is 64.1 Å². The van der Waals surface area contributed by atoms with Crippen LogP contribution in [0, 0.1) is 0 Å². The smallest absolute Gasteiger partial charge is 0.255 e. The first-order valence-electron chi connectivity index (χ1n) is 8.06. The lowest BCUT2D eigenvalue weighted by Crippen LogP contribution is -2.29. The lowest BCUT2D eigenvalue weighted by atomic mass is 10.1. The van der Waals surface area contributed by atoms with E-state index >= 15 is 0 Å². The number of benzene rings is 2. The molecule has 2 aromatic carbocycles. The van der Waals surface area contributed by atoms with E-state index < -0.39 is 0 Å². The fourth-order valence-corrected chi connectivity index (χ4v) is 3.34. The van der Waals surface area contributed by atoms with Crippen LogP contribution in [0.4, 0.5) is 5.69 Å². The molecule has 2 amide bonds. The number of carbonyl (C=O) groups is 2. The number of anilines is 1. The van der Waals surface area contributed by atoms with E-state index in [1.807, 2.05) is 41.3 Å². The van der Waals surface area contributed by atoms with Crippen LogP contribution in [0.1, 0.15) is 28.8 Å². The largest absolute Gasteiger partial charge is 0.339 e. The second kappa shape index (κ2) is 7.62. The molecular weight excluding hydrogens is 368 g/mol. The second-order valence-corrected chi connectivity index (χ2v) is 6.82. The zero-order chi connectivity index (χ0) is 16.9. The molecule has 0 saturated carbocycles. The number of nitrogens with one attached hydrogen (secondary N) is 1. The molecule has 0 radical (unpaired) electrons. The number of likely N-dealkylation sites (tertiary alicyclic amines) is 1. The van der Waals surface area contributed by atoms with Gasteiger partial charge in [0, 0.05) is 17.6 Å². The monoisotopic (exact) mass is 386 g/mol. The molecule has 1 heterocycles. The Labute approximate surface area is 150 Å². The summed E-state index contributed by atoms with van der Waals surface area (Å²) in [5, 5.41) is 2.88. The number of amides is 2. The molecule has 1 aliphatic heterocycles. The molecule has 3 rings (SSSR count). The Bertz CT molecular complexity index is 755. The Morgan fingerprint density at radius 2 is 1.79 bits per heavy atom. The molecule has 1 saturated heterocycles. The van der Waals surface area contributed by atoms with Gasteiger partial charge in [-0.3, -0.25) is 9.59 Å². The Morgan fingerprint density at radius 3 is 2.54 bits per heavy atom. The van der Waals surface area contributed by atoms with Crippen molar-refractivity contribution in [3.8, 4) is 0 Å². The van der Waals surface area contributed by atoms with E-state index in [2.05, 4.69) is 21.2 Å². The molecule has 0 spiro atoms. The van der Waals surface area contributed by atoms with E-state index in [1.54, 1.807) is 12.1 Å². The van der Waals surface area contributed by atoms with Crippen LogP contribution in [0.15, 0.2) is 53.0 Å². The van der Waals surface area contributed by atoms with Gasteiger partial charge in [-0.25, -0.2) is 0 Å². The van der Waals surface area contributed by atoms with Gasteiger partial charge < -0.3 is 10.2 Å². The molecule has 1 aliphatic rings. The van der Waals surface area contributed by atoms with Gasteiger partial charge in [0.15, 0.2) is 0 Å². The molecular formula is C19H19BrN2O2. The lowest BCUT2D eigenvalue weighted by Gasteiger charge is -2.18. The van der Waals surface area contributed by atoms with Gasteiger partial charge in [0.05, 0.1) is 17.7 Å². The SMILES string of the molecule is O=C(Cc1cccc(Br)c1)Nc1ccccc1C(=O)N1CCCC1. The lowest BCUT2D eigenvalue weighted by molar-refractivity contribution is -0.115. The summed E-state index contributed by atoms with van der Waals surface area (Å²) in [5.74, 6) is -0.138. The molecule has 1 fully saturated rings. The van der Waals surface area contributed by atoms with Crippen LogP contribution in [0.3, 0.4) is 0 Å². The van der Waals surface area contributed by atoms with Gasteiger partial charge in [-0.15, -0.1) is 0 Å². The van der Waals surface area contributed by atoms with Gasteiger partial charge >= 0.3 is 0 Å². The number of hydrogen-bond donors (Lipinski definition) is 1. The number of nitrogens with zero attached hydrogens (tertiary/aromatic N) is 1. The number of carbonyl (C=O) groups excluding carboxylic acids is 2. The molecule has 0 aliphatic carbocycles. The topological polar surface area (TPSA) is 49.4 Å². The summed E-state index contributed by atoms with van der Waals surface area (Å²) in [6.07, 6.45) is 2.36. The van der Waals surface area contributed by atoms with E-state index in [9.17, 15) is 9.59 Å². The highest BCUT2D eigenvalue weighted by Crippen LogP contribution is 2.20. The number of para-hydroxylation sites is 1. The van der Waals surface area contributed by atoms with Gasteiger partial charge in [0.2, 0.25) is 5.91 Å². The third-order valence-electron chi connectivity index (χ3n) is 4.08. The van der Waals surface area contributed by atoms with Crippen LogP contribution in [0.2, 0.25) is 0 Å². The standard InChI is InChI=1S/C19H19BrN2O2/c20-15-7-5-6-14(12-15)13-18(23)21-17-9-2-1-8-16(17)19(24)22-10-3-4-11-22/h1-2,5-9,12H,3-4,10-11,13H2,(H,21,23). The van der Waals surface area contributed by atoms with Crippen molar-refractivity contribution in [2.75, 3.05) is 18.4 Å². The number of halogens is 1. The summed E-state index contributed by atoms with van der Waals surface area (Å²) < 4.78 is 0.942. The van der Waals surface area contributed by atoms with E-state index in [-0.39, 0.29) is 18.2 Å². The summed E-state index contributed by atoms with van der Waals surface area (Å²) in [5.41, 5.74) is 2.06. The maximum atomic E-state index is 12.6. The van der Waals surface area contributed by atoms with Crippen molar-refractivity contribution in [3.63, 3.8) is 0 Å². The van der Waals surface area contributed by atoms with Gasteiger partial charge in [-0.05, 0) is 42.7 Å². The quantitative estimate of drug-likeness (QED) is 0.866. The molecule has 0 aromatic heterocycles. The van der Waals surface area contributed by atoms with Crippen LogP contribution < -0.4 is 5.32 Å². The maximum Gasteiger partial charge on any atom is 0.255 e. The van der Waals surface area contributed by atoms with Crippen LogP contribution in [0.25, 0.3) is 0 Å². The molecule has 1 N–H and O–H groups in total. The summed E-state index contributed by atoms with van der Waals surface area (Å²) >= 11 is 3.41. The van der Waals surface area contributed by atoms with Crippen LogP contribution >= 0.6 is 15.9 Å². The molecule has 2 aromatic rings. The van der Waals surface area contributed by atoms with Crippen molar-refractivity contribution in [2.45, 2.75) is 19.3 Å². The Hall–Kier alpha value is -2.14. The first-order valence-corrected chi connectivity index (χ1v) is 8.85. The third kappa shape index (κ3) is 4.03. The van der Waals surface area contributed by atoms with Crippen molar-refractivity contribution >= 4 is 33.4 Å².